The Kier molecular flexibility index (Phi) is 4.91. The van der Waals surface area contributed by atoms with Gasteiger partial charge in [-0.05, 0) is 20.8 Å². The van der Waals surface area contributed by atoms with Crippen LogP contribution in [-0.4, -0.2) is 28.5 Å². The Morgan fingerprint density at radius 2 is 1.93 bits per heavy atom. The summed E-state index contributed by atoms with van der Waals surface area (Å²) in [6, 6.07) is 0. The van der Waals surface area contributed by atoms with Gasteiger partial charge in [-0.3, -0.25) is 9.59 Å². The third kappa shape index (κ3) is 5.80. The molecule has 1 N–H and O–H groups in total. The lowest BCUT2D eigenvalue weighted by Gasteiger charge is -2.22. The zero-order chi connectivity index (χ0) is 11.4. The van der Waals surface area contributed by atoms with Gasteiger partial charge in [0.2, 0.25) is 0 Å². The summed E-state index contributed by atoms with van der Waals surface area (Å²) in [7, 11) is 0. The van der Waals surface area contributed by atoms with Crippen LogP contribution in [0.3, 0.4) is 0 Å². The molecule has 0 aliphatic heterocycles. The van der Waals surface area contributed by atoms with Gasteiger partial charge in [0.05, 0.1) is 12.3 Å². The quantitative estimate of drug-likeness (QED) is 0.581. The molecule has 0 aromatic carbocycles. The Labute approximate surface area is 88.2 Å². The van der Waals surface area contributed by atoms with Crippen molar-refractivity contribution in [1.82, 2.24) is 0 Å². The van der Waals surface area contributed by atoms with Crippen LogP contribution in [0.4, 0.5) is 0 Å². The molecule has 0 fully saturated rings. The highest BCUT2D eigenvalue weighted by Gasteiger charge is 2.26. The van der Waals surface area contributed by atoms with Gasteiger partial charge in [0.25, 0.3) is 0 Å². The van der Waals surface area contributed by atoms with Crippen molar-refractivity contribution < 1.29 is 19.4 Å². The fourth-order valence-corrected chi connectivity index (χ4v) is 1.03. The van der Waals surface area contributed by atoms with E-state index in [1.807, 2.05) is 0 Å². The molecule has 1 atom stereocenters. The molecule has 82 valence electrons. The average molecular weight is 223 g/mol. The fourth-order valence-electron chi connectivity index (χ4n) is 0.797. The second kappa shape index (κ2) is 5.20. The normalized spacial score (nSPS) is 13.4. The minimum atomic E-state index is -1.05. The number of hydrogen-bond donors (Lipinski definition) is 1. The average Bonchev–Trinajstić information content (AvgIpc) is 1.96. The molecule has 0 unspecified atom stereocenters. The van der Waals surface area contributed by atoms with Crippen LogP contribution in [0.15, 0.2) is 0 Å². The number of carbonyl (C=O) groups excluding carboxylic acids is 1. The van der Waals surface area contributed by atoms with Crippen LogP contribution < -0.4 is 0 Å². The number of carboxylic acids is 1. The van der Waals surface area contributed by atoms with Crippen LogP contribution in [0.1, 0.15) is 27.2 Å². The van der Waals surface area contributed by atoms with Crippen molar-refractivity contribution in [3.05, 3.63) is 0 Å². The molecule has 0 radical (unpaired) electrons. The third-order valence-corrected chi connectivity index (χ3v) is 1.72. The second-order valence-corrected chi connectivity index (χ2v) is 4.29. The second-order valence-electron chi connectivity index (χ2n) is 3.98. The van der Waals surface area contributed by atoms with Gasteiger partial charge in [-0.25, -0.2) is 0 Å². The number of esters is 1. The molecule has 0 heterocycles. The summed E-state index contributed by atoms with van der Waals surface area (Å²) in [5.74, 6) is -2.42. The van der Waals surface area contributed by atoms with Gasteiger partial charge in [-0.15, -0.1) is 11.6 Å². The molecule has 0 bridgehead atoms. The molecule has 0 rings (SSSR count). The van der Waals surface area contributed by atoms with E-state index in [1.54, 1.807) is 20.8 Å². The molecular formula is C9H15ClO4. The highest BCUT2D eigenvalue weighted by Crippen LogP contribution is 2.14. The predicted molar refractivity (Wildman–Crippen MR) is 52.3 cm³/mol. The van der Waals surface area contributed by atoms with E-state index in [0.29, 0.717) is 0 Å². The van der Waals surface area contributed by atoms with Crippen molar-refractivity contribution in [1.29, 1.82) is 0 Å². The largest absolute Gasteiger partial charge is 0.481 e. The van der Waals surface area contributed by atoms with E-state index in [2.05, 4.69) is 0 Å². The Morgan fingerprint density at radius 3 is 2.21 bits per heavy atom. The van der Waals surface area contributed by atoms with Crippen LogP contribution in [0, 0.1) is 5.92 Å². The Hall–Kier alpha value is -0.770. The lowest BCUT2D eigenvalue weighted by molar-refractivity contribution is -0.161. The number of alkyl halides is 1. The number of aliphatic carboxylic acids is 1. The van der Waals surface area contributed by atoms with Gasteiger partial charge in [-0.1, -0.05) is 0 Å². The summed E-state index contributed by atoms with van der Waals surface area (Å²) < 4.78 is 5.00. The molecule has 0 aliphatic rings. The number of halogens is 1. The van der Waals surface area contributed by atoms with Gasteiger partial charge < -0.3 is 9.84 Å². The molecule has 0 spiro atoms. The number of hydrogen-bond acceptors (Lipinski definition) is 3. The third-order valence-electron chi connectivity index (χ3n) is 1.35. The van der Waals surface area contributed by atoms with Gasteiger partial charge in [0.1, 0.15) is 5.60 Å². The van der Waals surface area contributed by atoms with Crippen molar-refractivity contribution in [3.63, 3.8) is 0 Å². The number of carbonyl (C=O) groups is 2. The minimum Gasteiger partial charge on any atom is -0.481 e. The smallest absolute Gasteiger partial charge is 0.311 e. The van der Waals surface area contributed by atoms with E-state index in [1.165, 1.54) is 0 Å². The van der Waals surface area contributed by atoms with E-state index in [-0.39, 0.29) is 12.3 Å². The van der Waals surface area contributed by atoms with E-state index in [4.69, 9.17) is 21.4 Å². The first-order valence-electron chi connectivity index (χ1n) is 4.27. The molecule has 0 saturated carbocycles. The van der Waals surface area contributed by atoms with Gasteiger partial charge in [-0.2, -0.15) is 0 Å². The summed E-state index contributed by atoms with van der Waals surface area (Å²) in [6.45, 7) is 5.16. The first-order chi connectivity index (χ1) is 6.26. The summed E-state index contributed by atoms with van der Waals surface area (Å²) >= 11 is 5.47. The van der Waals surface area contributed by atoms with Crippen molar-refractivity contribution in [2.75, 3.05) is 5.88 Å². The lowest BCUT2D eigenvalue weighted by atomic mass is 10.1. The Morgan fingerprint density at radius 1 is 1.43 bits per heavy atom. The van der Waals surface area contributed by atoms with Crippen molar-refractivity contribution in [2.45, 2.75) is 32.8 Å². The van der Waals surface area contributed by atoms with Crippen LogP contribution in [0.5, 0.6) is 0 Å². The van der Waals surface area contributed by atoms with E-state index >= 15 is 0 Å². The summed E-state index contributed by atoms with van der Waals surface area (Å²) in [6.07, 6.45) is -0.293. The molecular weight excluding hydrogens is 208 g/mol. The summed E-state index contributed by atoms with van der Waals surface area (Å²) in [5.41, 5.74) is -0.611. The SMILES string of the molecule is CC(C)(C)OC(=O)[C@@H](CCl)CC(=O)O. The molecule has 0 aromatic rings. The zero-order valence-corrected chi connectivity index (χ0v) is 9.30. The maximum absolute atomic E-state index is 11.4. The standard InChI is InChI=1S/C9H15ClO4/c1-9(2,3)14-8(13)6(5-10)4-7(11)12/h6H,4-5H2,1-3H3,(H,11,12)/t6-/m1/s1. The molecule has 4 nitrogen and oxygen atoms in total. The number of carboxylic acid groups (broad SMARTS) is 1. The highest BCUT2D eigenvalue weighted by atomic mass is 35.5. The number of ether oxygens (including phenoxy) is 1. The van der Waals surface area contributed by atoms with E-state index in [0.717, 1.165) is 0 Å². The van der Waals surface area contributed by atoms with Crippen molar-refractivity contribution >= 4 is 23.5 Å². The van der Waals surface area contributed by atoms with Crippen LogP contribution in [0.25, 0.3) is 0 Å². The monoisotopic (exact) mass is 222 g/mol. The molecule has 0 saturated heterocycles. The van der Waals surface area contributed by atoms with E-state index < -0.39 is 23.5 Å². The zero-order valence-electron chi connectivity index (χ0n) is 8.54. The molecule has 14 heavy (non-hydrogen) atoms. The lowest BCUT2D eigenvalue weighted by Crippen LogP contribution is -2.30. The minimum absolute atomic E-state index is 0.0405. The van der Waals surface area contributed by atoms with Crippen molar-refractivity contribution in [3.8, 4) is 0 Å². The van der Waals surface area contributed by atoms with Gasteiger partial charge in [0, 0.05) is 5.88 Å². The molecule has 5 heteroatoms. The summed E-state index contributed by atoms with van der Waals surface area (Å²) in [5, 5.41) is 8.50. The highest BCUT2D eigenvalue weighted by molar-refractivity contribution is 6.19. The maximum Gasteiger partial charge on any atom is 0.311 e. The number of rotatable bonds is 4. The molecule has 0 amide bonds. The van der Waals surface area contributed by atoms with Gasteiger partial charge >= 0.3 is 11.9 Å². The van der Waals surface area contributed by atoms with E-state index in [9.17, 15) is 9.59 Å². The van der Waals surface area contributed by atoms with Gasteiger partial charge in [0.15, 0.2) is 0 Å². The molecule has 0 aliphatic carbocycles. The molecule has 0 aromatic heterocycles. The first-order valence-corrected chi connectivity index (χ1v) is 4.80. The Balaban J connectivity index is 4.25. The maximum atomic E-state index is 11.4. The first kappa shape index (κ1) is 13.2. The predicted octanol–water partition coefficient (Wildman–Crippen LogP) is 1.66. The van der Waals surface area contributed by atoms with Crippen molar-refractivity contribution in [2.24, 2.45) is 5.92 Å². The van der Waals surface area contributed by atoms with Crippen LogP contribution >= 0.6 is 11.6 Å². The van der Waals surface area contributed by atoms with Crippen LogP contribution in [0.2, 0.25) is 0 Å². The summed E-state index contributed by atoms with van der Waals surface area (Å²) in [4.78, 5) is 21.7. The topological polar surface area (TPSA) is 63.6 Å². The fraction of sp³-hybridized carbons (Fsp3) is 0.778. The Bertz CT molecular complexity index is 219. The van der Waals surface area contributed by atoms with Crippen LogP contribution in [-0.2, 0) is 14.3 Å².